The number of aryl methyl sites for hydroxylation is 1. The van der Waals surface area contributed by atoms with Crippen molar-refractivity contribution in [3.8, 4) is 0 Å². The molecule has 0 spiro atoms. The lowest BCUT2D eigenvalue weighted by Crippen LogP contribution is -2.47. The third-order valence-corrected chi connectivity index (χ3v) is 4.99. The fourth-order valence-corrected chi connectivity index (χ4v) is 3.37. The summed E-state index contributed by atoms with van der Waals surface area (Å²) in [6.45, 7) is 6.12. The quantitative estimate of drug-likeness (QED) is 0.738. The van der Waals surface area contributed by atoms with Crippen molar-refractivity contribution < 1.29 is 9.21 Å². The molecule has 4 rings (SSSR count). The molecule has 0 atom stereocenters. The van der Waals surface area contributed by atoms with Gasteiger partial charge in [-0.25, -0.2) is 0 Å². The van der Waals surface area contributed by atoms with Crippen LogP contribution in [-0.4, -0.2) is 53.5 Å². The molecule has 25 heavy (non-hydrogen) atoms. The zero-order chi connectivity index (χ0) is 17.4. The van der Waals surface area contributed by atoms with Crippen LogP contribution in [0, 0.1) is 6.92 Å². The van der Waals surface area contributed by atoms with E-state index in [-0.39, 0.29) is 5.91 Å². The van der Waals surface area contributed by atoms with Gasteiger partial charge in [-0.2, -0.15) is 0 Å². The van der Waals surface area contributed by atoms with Crippen molar-refractivity contribution in [3.63, 3.8) is 0 Å². The molecule has 0 N–H and O–H groups in total. The topological polar surface area (TPSA) is 41.6 Å². The summed E-state index contributed by atoms with van der Waals surface area (Å²) >= 11 is 0. The summed E-state index contributed by atoms with van der Waals surface area (Å²) in [6.07, 6.45) is 1.68. The molecule has 0 aliphatic carbocycles. The third kappa shape index (κ3) is 3.07. The number of piperazine rings is 1. The molecule has 0 unspecified atom stereocenters. The van der Waals surface area contributed by atoms with E-state index < -0.39 is 0 Å². The van der Waals surface area contributed by atoms with Gasteiger partial charge in [-0.1, -0.05) is 29.8 Å². The summed E-state index contributed by atoms with van der Waals surface area (Å²) < 4.78 is 7.62. The van der Waals surface area contributed by atoms with Crippen LogP contribution in [0.2, 0.25) is 0 Å². The number of carbonyl (C=O) groups excluding carboxylic acids is 1. The van der Waals surface area contributed by atoms with Gasteiger partial charge in [0.05, 0.1) is 11.8 Å². The summed E-state index contributed by atoms with van der Waals surface area (Å²) in [5, 5.41) is 0. The summed E-state index contributed by atoms with van der Waals surface area (Å²) in [6, 6.07) is 12.3. The third-order valence-electron chi connectivity index (χ3n) is 4.99. The molecule has 0 bridgehead atoms. The van der Waals surface area contributed by atoms with Crippen LogP contribution in [0.15, 0.2) is 47.1 Å². The Morgan fingerprint density at radius 1 is 1.08 bits per heavy atom. The van der Waals surface area contributed by atoms with Crippen molar-refractivity contribution in [1.29, 1.82) is 0 Å². The molecule has 1 fully saturated rings. The van der Waals surface area contributed by atoms with Gasteiger partial charge >= 0.3 is 0 Å². The number of aromatic nitrogens is 1. The maximum absolute atomic E-state index is 13.1. The molecule has 1 aromatic carbocycles. The average Bonchev–Trinajstić information content (AvgIpc) is 3.19. The van der Waals surface area contributed by atoms with E-state index in [9.17, 15) is 4.79 Å². The van der Waals surface area contributed by atoms with Gasteiger partial charge in [-0.15, -0.1) is 0 Å². The molecular weight excluding hydrogens is 314 g/mol. The van der Waals surface area contributed by atoms with E-state index in [0.717, 1.165) is 37.3 Å². The van der Waals surface area contributed by atoms with E-state index in [1.165, 1.54) is 11.1 Å². The van der Waals surface area contributed by atoms with E-state index >= 15 is 0 Å². The van der Waals surface area contributed by atoms with Crippen molar-refractivity contribution in [2.24, 2.45) is 0 Å². The molecule has 1 aliphatic heterocycles. The first-order chi connectivity index (χ1) is 12.1. The lowest BCUT2D eigenvalue weighted by atomic mass is 10.1. The molecule has 1 saturated heterocycles. The van der Waals surface area contributed by atoms with Gasteiger partial charge < -0.3 is 18.8 Å². The monoisotopic (exact) mass is 337 g/mol. The molecule has 1 aliphatic rings. The van der Waals surface area contributed by atoms with Crippen LogP contribution in [0.1, 0.15) is 21.6 Å². The molecule has 0 radical (unpaired) electrons. The van der Waals surface area contributed by atoms with Crippen LogP contribution in [0.3, 0.4) is 0 Å². The lowest BCUT2D eigenvalue weighted by molar-refractivity contribution is 0.0654. The minimum absolute atomic E-state index is 0.0895. The first-order valence-electron chi connectivity index (χ1n) is 8.72. The van der Waals surface area contributed by atoms with Gasteiger partial charge in [-0.05, 0) is 19.5 Å². The van der Waals surface area contributed by atoms with E-state index in [2.05, 4.69) is 47.7 Å². The standard InChI is InChI=1S/C20H23N3O2/c1-15-3-5-16(6-4-15)14-23-17-7-12-25-19(17)13-18(23)20(24)22-10-8-21(2)9-11-22/h3-7,12-13H,8-11,14H2,1-2H3. The number of carbonyl (C=O) groups is 1. The summed E-state index contributed by atoms with van der Waals surface area (Å²) in [5.41, 5.74) is 4.86. The number of rotatable bonds is 3. The number of hydrogen-bond acceptors (Lipinski definition) is 3. The highest BCUT2D eigenvalue weighted by Crippen LogP contribution is 2.24. The minimum atomic E-state index is 0.0895. The normalized spacial score (nSPS) is 15.8. The second-order valence-corrected chi connectivity index (χ2v) is 6.87. The summed E-state index contributed by atoms with van der Waals surface area (Å²) in [7, 11) is 2.09. The zero-order valence-corrected chi connectivity index (χ0v) is 14.7. The SMILES string of the molecule is Cc1ccc(Cn2c(C(=O)N3CCN(C)CC3)cc3occc32)cc1. The number of furan rings is 1. The second-order valence-electron chi connectivity index (χ2n) is 6.87. The van der Waals surface area contributed by atoms with Crippen LogP contribution in [0.25, 0.3) is 11.1 Å². The van der Waals surface area contributed by atoms with Gasteiger partial charge in [0.15, 0.2) is 5.58 Å². The molecule has 3 aromatic rings. The van der Waals surface area contributed by atoms with Crippen molar-refractivity contribution in [1.82, 2.24) is 14.4 Å². The Morgan fingerprint density at radius 3 is 2.52 bits per heavy atom. The highest BCUT2D eigenvalue weighted by molar-refractivity contribution is 5.97. The number of hydrogen-bond donors (Lipinski definition) is 0. The van der Waals surface area contributed by atoms with Crippen LogP contribution in [0.4, 0.5) is 0 Å². The number of fused-ring (bicyclic) bond motifs is 1. The highest BCUT2D eigenvalue weighted by Gasteiger charge is 2.25. The molecule has 2 aromatic heterocycles. The molecule has 3 heterocycles. The Hall–Kier alpha value is -2.53. The summed E-state index contributed by atoms with van der Waals surface area (Å²) in [5.74, 6) is 0.0895. The van der Waals surface area contributed by atoms with Crippen LogP contribution in [0.5, 0.6) is 0 Å². The average molecular weight is 337 g/mol. The zero-order valence-electron chi connectivity index (χ0n) is 14.7. The largest absolute Gasteiger partial charge is 0.463 e. The number of likely N-dealkylation sites (N-methyl/N-ethyl adjacent to an activating group) is 1. The fourth-order valence-electron chi connectivity index (χ4n) is 3.37. The van der Waals surface area contributed by atoms with Crippen molar-refractivity contribution in [2.75, 3.05) is 33.2 Å². The Kier molecular flexibility index (Phi) is 4.09. The van der Waals surface area contributed by atoms with E-state index in [1.807, 2.05) is 17.0 Å². The van der Waals surface area contributed by atoms with Crippen LogP contribution in [-0.2, 0) is 6.54 Å². The Bertz CT molecular complexity index is 883. The molecule has 130 valence electrons. The van der Waals surface area contributed by atoms with E-state index in [0.29, 0.717) is 12.2 Å². The number of nitrogens with zero attached hydrogens (tertiary/aromatic N) is 3. The molecular formula is C20H23N3O2. The van der Waals surface area contributed by atoms with Gasteiger partial charge in [0.2, 0.25) is 0 Å². The Morgan fingerprint density at radius 2 is 1.80 bits per heavy atom. The van der Waals surface area contributed by atoms with Crippen molar-refractivity contribution in [2.45, 2.75) is 13.5 Å². The Balaban J connectivity index is 1.67. The van der Waals surface area contributed by atoms with Crippen molar-refractivity contribution >= 4 is 17.0 Å². The summed E-state index contributed by atoms with van der Waals surface area (Å²) in [4.78, 5) is 17.3. The predicted molar refractivity (Wildman–Crippen MR) is 97.9 cm³/mol. The Labute approximate surface area is 147 Å². The first-order valence-corrected chi connectivity index (χ1v) is 8.72. The second kappa shape index (κ2) is 6.41. The maximum Gasteiger partial charge on any atom is 0.270 e. The van der Waals surface area contributed by atoms with Crippen LogP contribution >= 0.6 is 0 Å². The number of amides is 1. The fraction of sp³-hybridized carbons (Fsp3) is 0.350. The predicted octanol–water partition coefficient (Wildman–Crippen LogP) is 2.98. The minimum Gasteiger partial charge on any atom is -0.463 e. The van der Waals surface area contributed by atoms with Gasteiger partial charge in [-0.3, -0.25) is 4.79 Å². The lowest BCUT2D eigenvalue weighted by Gasteiger charge is -2.32. The number of benzene rings is 1. The smallest absolute Gasteiger partial charge is 0.270 e. The first kappa shape index (κ1) is 16.0. The van der Waals surface area contributed by atoms with Gasteiger partial charge in [0, 0.05) is 44.9 Å². The maximum atomic E-state index is 13.1. The highest BCUT2D eigenvalue weighted by atomic mass is 16.3. The van der Waals surface area contributed by atoms with E-state index in [1.54, 1.807) is 6.26 Å². The van der Waals surface area contributed by atoms with Gasteiger partial charge in [0.1, 0.15) is 5.69 Å². The van der Waals surface area contributed by atoms with Crippen LogP contribution < -0.4 is 0 Å². The van der Waals surface area contributed by atoms with E-state index in [4.69, 9.17) is 4.42 Å². The molecule has 5 heteroatoms. The molecule has 0 saturated carbocycles. The molecule has 1 amide bonds. The van der Waals surface area contributed by atoms with Crippen molar-refractivity contribution in [3.05, 3.63) is 59.5 Å². The molecule has 5 nitrogen and oxygen atoms in total. The van der Waals surface area contributed by atoms with Gasteiger partial charge in [0.25, 0.3) is 5.91 Å².